The van der Waals surface area contributed by atoms with Crippen LogP contribution in [0.1, 0.15) is 0 Å². The van der Waals surface area contributed by atoms with Gasteiger partial charge in [0.1, 0.15) is 0 Å². The molecule has 0 unspecified atom stereocenters. The van der Waals surface area contributed by atoms with Crippen molar-refractivity contribution in [3.8, 4) is 0 Å². The molecular weight excluding hydrogens is 565 g/mol. The molecule has 0 aliphatic rings. The summed E-state index contributed by atoms with van der Waals surface area (Å²) in [5.41, 5.74) is 0. The zero-order valence-electron chi connectivity index (χ0n) is 4.41. The summed E-state index contributed by atoms with van der Waals surface area (Å²) in [6.45, 7) is 0. The van der Waals surface area contributed by atoms with E-state index in [1.807, 2.05) is 0 Å². The van der Waals surface area contributed by atoms with Crippen molar-refractivity contribution >= 4 is 97.8 Å². The third-order valence-electron chi connectivity index (χ3n) is 0. The molecule has 10 heteroatoms. The van der Waals surface area contributed by atoms with Crippen LogP contribution in [0.15, 0.2) is 0 Å². The SMILES string of the molecule is [Ba].[Ba].[F][Gd]([F])([F])([F])([F])([F])[F]. The summed E-state index contributed by atoms with van der Waals surface area (Å²) >= 11 is -13.3. The van der Waals surface area contributed by atoms with Crippen molar-refractivity contribution in [1.82, 2.24) is 0 Å². The van der Waals surface area contributed by atoms with Crippen molar-refractivity contribution in [2.75, 3.05) is 0 Å². The summed E-state index contributed by atoms with van der Waals surface area (Å²) in [5, 5.41) is 0. The number of hydrogen-bond donors (Lipinski definition) is 0. The quantitative estimate of drug-likeness (QED) is 0.313. The third-order valence-corrected chi connectivity index (χ3v) is 0. The van der Waals surface area contributed by atoms with Crippen LogP contribution in [0.2, 0.25) is 0 Å². The van der Waals surface area contributed by atoms with Gasteiger partial charge in [-0.2, -0.15) is 0 Å². The van der Waals surface area contributed by atoms with Crippen LogP contribution in [0.5, 0.6) is 0 Å². The number of halogens is 7. The van der Waals surface area contributed by atoms with E-state index in [2.05, 4.69) is 0 Å². The minimum atomic E-state index is -13.3. The van der Waals surface area contributed by atoms with Gasteiger partial charge in [-0.05, 0) is 0 Å². The van der Waals surface area contributed by atoms with Crippen LogP contribution in [0, 0.1) is 31.4 Å². The first-order valence-electron chi connectivity index (χ1n) is 0.935. The van der Waals surface area contributed by atoms with E-state index in [9.17, 15) is 7.81 Å². The fraction of sp³-hybridized carbons (Fsp3) is 0. The van der Waals surface area contributed by atoms with Gasteiger partial charge in [-0.15, -0.1) is 0 Å². The fourth-order valence-electron chi connectivity index (χ4n) is 0. The van der Waals surface area contributed by atoms with E-state index in [-0.39, 0.29) is 97.8 Å². The zero-order chi connectivity index (χ0) is 7.38. The average molecular weight is 565 g/mol. The van der Waals surface area contributed by atoms with Gasteiger partial charge in [0.15, 0.2) is 0 Å². The van der Waals surface area contributed by atoms with E-state index >= 15 is 0 Å². The van der Waals surface area contributed by atoms with Gasteiger partial charge in [0.05, 0.1) is 0 Å². The zero-order valence-corrected chi connectivity index (χ0v) is 15.6. The normalized spacial score (nSPS) is 21.7. The molecule has 0 amide bonds. The summed E-state index contributed by atoms with van der Waals surface area (Å²) in [5.74, 6) is 0. The Hall–Kier alpha value is 3.98. The van der Waals surface area contributed by atoms with Gasteiger partial charge in [-0.1, -0.05) is 0 Å². The van der Waals surface area contributed by atoms with Crippen LogP contribution in [0.3, 0.4) is 0 Å². The molecule has 0 aromatic rings. The van der Waals surface area contributed by atoms with Crippen LogP contribution >= 0.6 is 0 Å². The fourth-order valence-corrected chi connectivity index (χ4v) is 0. The molecule has 0 aromatic carbocycles. The van der Waals surface area contributed by atoms with Crippen molar-refractivity contribution in [3.63, 3.8) is 0 Å². The molecule has 0 fully saturated rings. The van der Waals surface area contributed by atoms with E-state index in [0.717, 1.165) is 0 Å². The van der Waals surface area contributed by atoms with Crippen molar-refractivity contribution < 1.29 is 39.2 Å². The molecule has 10 heavy (non-hydrogen) atoms. The molecule has 4 radical (unpaired) electrons. The molecule has 0 bridgehead atoms. The van der Waals surface area contributed by atoms with Crippen LogP contribution in [-0.2, 0) is 0 Å². The predicted octanol–water partition coefficient (Wildman–Crippen LogP) is 2.18. The summed E-state index contributed by atoms with van der Waals surface area (Å²) in [7, 11) is 0. The van der Waals surface area contributed by atoms with Crippen LogP contribution in [0.25, 0.3) is 0 Å². The number of rotatable bonds is 0. The van der Waals surface area contributed by atoms with E-state index < -0.39 is 31.4 Å². The molecule has 0 aromatic heterocycles. The average Bonchev–Trinajstić information content (AvgIpc) is 0.544. The van der Waals surface area contributed by atoms with Gasteiger partial charge in [0, 0.05) is 97.8 Å². The Kier molecular flexibility index (Phi) is 5.83. The molecule has 0 saturated carbocycles. The van der Waals surface area contributed by atoms with Crippen LogP contribution in [0.4, 0.5) is 7.81 Å². The monoisotopic (exact) mass is 567 g/mol. The second-order valence-corrected chi connectivity index (χ2v) is 7.87. The molecule has 0 rings (SSSR count). The Bertz CT molecular complexity index is 104. The second kappa shape index (κ2) is 2.98. The molecule has 0 atom stereocenters. The Balaban J connectivity index is -0.000000245. The molecule has 0 heterocycles. The summed E-state index contributed by atoms with van der Waals surface area (Å²) in [6, 6.07) is 0. The van der Waals surface area contributed by atoms with Crippen molar-refractivity contribution in [2.45, 2.75) is 0 Å². The topological polar surface area (TPSA) is 0 Å². The first-order chi connectivity index (χ1) is 2.65. The maximum atomic E-state index is 9.93. The van der Waals surface area contributed by atoms with E-state index in [1.54, 1.807) is 0 Å². The third kappa shape index (κ3) is 91.2. The van der Waals surface area contributed by atoms with Crippen LogP contribution < -0.4 is 0 Å². The molecular formula is Ba2F7Gd. The molecule has 61 valence electrons. The number of hydrogen-bond acceptors (Lipinski definition) is 0. The summed E-state index contributed by atoms with van der Waals surface area (Å²) < 4.78 is 69.5. The first kappa shape index (κ1) is 19.5. The Labute approximate surface area is 132 Å². The van der Waals surface area contributed by atoms with Gasteiger partial charge in [0.2, 0.25) is 0 Å². The maximum absolute atomic E-state index is 13.3. The van der Waals surface area contributed by atoms with Crippen molar-refractivity contribution in [1.29, 1.82) is 0 Å². The Morgan fingerprint density at radius 1 is 0.500 bits per heavy atom. The van der Waals surface area contributed by atoms with E-state index in [0.29, 0.717) is 0 Å². The van der Waals surface area contributed by atoms with Crippen molar-refractivity contribution in [3.05, 3.63) is 0 Å². The minimum absolute atomic E-state index is 0. The molecule has 0 aliphatic heterocycles. The Morgan fingerprint density at radius 2 is 0.500 bits per heavy atom. The van der Waals surface area contributed by atoms with Gasteiger partial charge >= 0.3 is 39.2 Å². The molecule has 0 saturated heterocycles. The van der Waals surface area contributed by atoms with Gasteiger partial charge in [-0.3, -0.25) is 0 Å². The second-order valence-electron chi connectivity index (χ2n) is 1.06. The van der Waals surface area contributed by atoms with E-state index in [4.69, 9.17) is 0 Å². The van der Waals surface area contributed by atoms with E-state index in [1.165, 1.54) is 0 Å². The standard InChI is InChI=1S/2Ba.7FH.Gd/h;;7*1H;/q;;;;;;;;;+7/p-7. The summed E-state index contributed by atoms with van der Waals surface area (Å²) in [4.78, 5) is 0. The molecule has 0 aliphatic carbocycles. The van der Waals surface area contributed by atoms with Gasteiger partial charge in [0.25, 0.3) is 0 Å². The Morgan fingerprint density at radius 3 is 0.500 bits per heavy atom. The molecule has 0 spiro atoms. The predicted molar refractivity (Wildman–Crippen MR) is 19.3 cm³/mol. The van der Waals surface area contributed by atoms with Crippen molar-refractivity contribution in [2.24, 2.45) is 0 Å². The van der Waals surface area contributed by atoms with Gasteiger partial charge in [-0.25, -0.2) is 0 Å². The van der Waals surface area contributed by atoms with Gasteiger partial charge < -0.3 is 0 Å². The molecule has 0 nitrogen and oxygen atoms in total. The van der Waals surface area contributed by atoms with Crippen LogP contribution in [-0.4, -0.2) is 97.8 Å². The molecule has 0 N–H and O–H groups in total. The first-order valence-corrected chi connectivity index (χ1v) is 6.94. The summed E-state index contributed by atoms with van der Waals surface area (Å²) in [6.07, 6.45) is 0.